The van der Waals surface area contributed by atoms with Crippen LogP contribution in [0.5, 0.6) is 0 Å². The van der Waals surface area contributed by atoms with Crippen LogP contribution in [0.15, 0.2) is 18.3 Å². The minimum atomic E-state index is 0.870. The van der Waals surface area contributed by atoms with Crippen LogP contribution in [0, 0.1) is 12.8 Å². The fourth-order valence-corrected chi connectivity index (χ4v) is 3.39. The van der Waals surface area contributed by atoms with Gasteiger partial charge in [0, 0.05) is 52.0 Å². The number of hydrogen-bond donors (Lipinski definition) is 0. The summed E-state index contributed by atoms with van der Waals surface area (Å²) in [4.78, 5) is 12.1. The van der Waals surface area contributed by atoms with Gasteiger partial charge in [0.2, 0.25) is 0 Å². The van der Waals surface area contributed by atoms with Crippen LogP contribution in [0.2, 0.25) is 0 Å². The van der Waals surface area contributed by atoms with E-state index in [-0.39, 0.29) is 0 Å². The van der Waals surface area contributed by atoms with Crippen molar-refractivity contribution in [3.05, 3.63) is 23.9 Å². The number of likely N-dealkylation sites (N-methyl/N-ethyl adjacent to an activating group) is 1. The number of piperazine rings is 1. The van der Waals surface area contributed by atoms with Gasteiger partial charge in [-0.3, -0.25) is 0 Å². The molecule has 0 N–H and O–H groups in total. The number of aromatic nitrogens is 1. The summed E-state index contributed by atoms with van der Waals surface area (Å²) in [5, 5.41) is 0. The van der Waals surface area contributed by atoms with Crippen molar-refractivity contribution < 1.29 is 0 Å². The van der Waals surface area contributed by atoms with E-state index in [1.807, 2.05) is 6.20 Å². The van der Waals surface area contributed by atoms with Crippen LogP contribution in [-0.4, -0.2) is 67.6 Å². The van der Waals surface area contributed by atoms with Crippen molar-refractivity contribution in [3.63, 3.8) is 0 Å². The molecule has 2 aliphatic rings. The summed E-state index contributed by atoms with van der Waals surface area (Å²) in [6.07, 6.45) is 4.59. The van der Waals surface area contributed by atoms with Crippen molar-refractivity contribution >= 4 is 5.82 Å². The monoisotopic (exact) mass is 288 g/mol. The fourth-order valence-electron chi connectivity index (χ4n) is 3.39. The van der Waals surface area contributed by atoms with Crippen LogP contribution in [0.1, 0.15) is 18.4 Å². The Morgan fingerprint density at radius 1 is 1.05 bits per heavy atom. The van der Waals surface area contributed by atoms with Crippen molar-refractivity contribution in [1.82, 2.24) is 14.8 Å². The van der Waals surface area contributed by atoms with Gasteiger partial charge in [0.1, 0.15) is 5.82 Å². The first-order chi connectivity index (χ1) is 10.2. The molecule has 3 rings (SSSR count). The van der Waals surface area contributed by atoms with Gasteiger partial charge >= 0.3 is 0 Å². The zero-order valence-corrected chi connectivity index (χ0v) is 13.5. The second-order valence-corrected chi connectivity index (χ2v) is 6.73. The molecule has 0 amide bonds. The summed E-state index contributed by atoms with van der Waals surface area (Å²) in [6.45, 7) is 10.7. The fraction of sp³-hybridized carbons (Fsp3) is 0.706. The molecule has 0 atom stereocenters. The smallest absolute Gasteiger partial charge is 0.128 e. The lowest BCUT2D eigenvalue weighted by molar-refractivity contribution is 0.129. The van der Waals surface area contributed by atoms with E-state index >= 15 is 0 Å². The van der Waals surface area contributed by atoms with E-state index in [0.29, 0.717) is 0 Å². The van der Waals surface area contributed by atoms with E-state index < -0.39 is 0 Å². The Morgan fingerprint density at radius 3 is 2.38 bits per heavy atom. The second-order valence-electron chi connectivity index (χ2n) is 6.73. The third kappa shape index (κ3) is 3.95. The maximum Gasteiger partial charge on any atom is 0.128 e. The second kappa shape index (κ2) is 6.75. The molecule has 2 saturated heterocycles. The van der Waals surface area contributed by atoms with E-state index in [2.05, 4.69) is 45.8 Å². The molecule has 4 heteroatoms. The van der Waals surface area contributed by atoms with Crippen LogP contribution < -0.4 is 4.90 Å². The molecule has 0 unspecified atom stereocenters. The number of piperidine rings is 1. The van der Waals surface area contributed by atoms with Gasteiger partial charge in [-0.25, -0.2) is 4.98 Å². The first-order valence-electron chi connectivity index (χ1n) is 8.29. The first kappa shape index (κ1) is 14.8. The molecule has 2 fully saturated rings. The number of hydrogen-bond acceptors (Lipinski definition) is 4. The van der Waals surface area contributed by atoms with Crippen LogP contribution in [0.3, 0.4) is 0 Å². The molecule has 0 saturated carbocycles. The number of rotatable bonds is 3. The Labute approximate surface area is 128 Å². The van der Waals surface area contributed by atoms with E-state index in [9.17, 15) is 0 Å². The predicted octanol–water partition coefficient (Wildman–Crippen LogP) is 1.85. The largest absolute Gasteiger partial charge is 0.357 e. The third-order valence-corrected chi connectivity index (χ3v) is 4.95. The van der Waals surface area contributed by atoms with Gasteiger partial charge in [0.15, 0.2) is 0 Å². The number of pyridine rings is 1. The highest BCUT2D eigenvalue weighted by Crippen LogP contribution is 2.23. The Balaban J connectivity index is 1.45. The maximum absolute atomic E-state index is 4.56. The van der Waals surface area contributed by atoms with E-state index in [4.69, 9.17) is 0 Å². The SMILES string of the molecule is Cc1ccc(N2CCC(CN3CCN(C)CC3)CC2)nc1. The van der Waals surface area contributed by atoms with Gasteiger partial charge < -0.3 is 14.7 Å². The summed E-state index contributed by atoms with van der Waals surface area (Å²) in [5.41, 5.74) is 1.24. The molecule has 1 aromatic rings. The van der Waals surface area contributed by atoms with Crippen molar-refractivity contribution in [2.45, 2.75) is 19.8 Å². The number of nitrogens with zero attached hydrogens (tertiary/aromatic N) is 4. The molecular weight excluding hydrogens is 260 g/mol. The number of aryl methyl sites for hydroxylation is 1. The maximum atomic E-state index is 4.56. The topological polar surface area (TPSA) is 22.6 Å². The zero-order chi connectivity index (χ0) is 14.7. The molecule has 2 aliphatic heterocycles. The minimum Gasteiger partial charge on any atom is -0.357 e. The van der Waals surface area contributed by atoms with Crippen LogP contribution in [0.4, 0.5) is 5.82 Å². The van der Waals surface area contributed by atoms with Crippen LogP contribution >= 0.6 is 0 Å². The van der Waals surface area contributed by atoms with Crippen molar-refractivity contribution in [1.29, 1.82) is 0 Å². The Hall–Kier alpha value is -1.13. The molecule has 116 valence electrons. The van der Waals surface area contributed by atoms with Gasteiger partial charge in [0.05, 0.1) is 0 Å². The minimum absolute atomic E-state index is 0.870. The Kier molecular flexibility index (Phi) is 4.76. The lowest BCUT2D eigenvalue weighted by atomic mass is 9.96. The van der Waals surface area contributed by atoms with Crippen molar-refractivity contribution in [2.75, 3.05) is 57.8 Å². The molecule has 0 aromatic carbocycles. The summed E-state index contributed by atoms with van der Waals surface area (Å²) < 4.78 is 0. The zero-order valence-electron chi connectivity index (χ0n) is 13.5. The quantitative estimate of drug-likeness (QED) is 0.846. The van der Waals surface area contributed by atoms with Gasteiger partial charge in [0.25, 0.3) is 0 Å². The Morgan fingerprint density at radius 2 is 1.76 bits per heavy atom. The van der Waals surface area contributed by atoms with Crippen molar-refractivity contribution in [3.8, 4) is 0 Å². The van der Waals surface area contributed by atoms with Gasteiger partial charge in [-0.15, -0.1) is 0 Å². The lowest BCUT2D eigenvalue weighted by Gasteiger charge is -2.38. The van der Waals surface area contributed by atoms with Crippen LogP contribution in [0.25, 0.3) is 0 Å². The summed E-state index contributed by atoms with van der Waals surface area (Å²) >= 11 is 0. The average Bonchev–Trinajstić information content (AvgIpc) is 2.51. The highest BCUT2D eigenvalue weighted by Gasteiger charge is 2.23. The molecule has 21 heavy (non-hydrogen) atoms. The van der Waals surface area contributed by atoms with E-state index in [1.54, 1.807) is 0 Å². The van der Waals surface area contributed by atoms with Crippen LogP contribution in [-0.2, 0) is 0 Å². The van der Waals surface area contributed by atoms with E-state index in [1.165, 1.54) is 51.1 Å². The van der Waals surface area contributed by atoms with Gasteiger partial charge in [-0.1, -0.05) is 6.07 Å². The summed E-state index contributed by atoms with van der Waals surface area (Å²) in [5.74, 6) is 2.02. The highest BCUT2D eigenvalue weighted by molar-refractivity contribution is 5.39. The highest BCUT2D eigenvalue weighted by atomic mass is 15.2. The third-order valence-electron chi connectivity index (χ3n) is 4.95. The van der Waals surface area contributed by atoms with Gasteiger partial charge in [-0.05, 0) is 44.4 Å². The van der Waals surface area contributed by atoms with Crippen molar-refractivity contribution in [2.24, 2.45) is 5.92 Å². The molecular formula is C17H28N4. The lowest BCUT2D eigenvalue weighted by Crippen LogP contribution is -2.47. The summed E-state index contributed by atoms with van der Waals surface area (Å²) in [6, 6.07) is 4.33. The molecule has 4 nitrogen and oxygen atoms in total. The normalized spacial score (nSPS) is 22.7. The average molecular weight is 288 g/mol. The standard InChI is InChI=1S/C17H28N4/c1-15-3-4-17(18-13-15)21-7-5-16(6-8-21)14-20-11-9-19(2)10-12-20/h3-4,13,16H,5-12,14H2,1-2H3. The van der Waals surface area contributed by atoms with E-state index in [0.717, 1.165) is 24.8 Å². The molecule has 3 heterocycles. The number of anilines is 1. The summed E-state index contributed by atoms with van der Waals surface area (Å²) in [7, 11) is 2.23. The molecule has 0 bridgehead atoms. The van der Waals surface area contributed by atoms with Gasteiger partial charge in [-0.2, -0.15) is 0 Å². The Bertz CT molecular complexity index is 429. The molecule has 0 radical (unpaired) electrons. The first-order valence-corrected chi connectivity index (χ1v) is 8.29. The molecule has 0 aliphatic carbocycles. The molecule has 0 spiro atoms. The molecule has 1 aromatic heterocycles. The predicted molar refractivity (Wildman–Crippen MR) is 87.8 cm³/mol.